The molecule has 0 atom stereocenters. The zero-order valence-corrected chi connectivity index (χ0v) is 8.77. The lowest BCUT2D eigenvalue weighted by Crippen LogP contribution is -1.98. The van der Waals surface area contributed by atoms with E-state index in [0.717, 1.165) is 17.4 Å². The molecule has 0 amide bonds. The van der Waals surface area contributed by atoms with Gasteiger partial charge in [-0.05, 0) is 18.4 Å². The summed E-state index contributed by atoms with van der Waals surface area (Å²) in [5, 5.41) is 2.85. The molecule has 0 aromatic carbocycles. The summed E-state index contributed by atoms with van der Waals surface area (Å²) in [7, 11) is 0. The Balaban J connectivity index is 2.24. The lowest BCUT2D eigenvalue weighted by Gasteiger charge is -2.02. The van der Waals surface area contributed by atoms with Crippen LogP contribution in [0, 0.1) is 6.92 Å². The second kappa shape index (κ2) is 3.52. The Kier molecular flexibility index (Phi) is 2.38. The van der Waals surface area contributed by atoms with Gasteiger partial charge in [0.15, 0.2) is 0 Å². The SMILES string of the molecule is Cc1nccn1Cc1sccc1Cl. The molecule has 0 saturated heterocycles. The van der Waals surface area contributed by atoms with Gasteiger partial charge in [-0.15, -0.1) is 11.3 Å². The van der Waals surface area contributed by atoms with Gasteiger partial charge in [-0.3, -0.25) is 0 Å². The Morgan fingerprint density at radius 3 is 3.00 bits per heavy atom. The summed E-state index contributed by atoms with van der Waals surface area (Å²) >= 11 is 7.66. The molecule has 0 N–H and O–H groups in total. The number of nitrogens with zero attached hydrogens (tertiary/aromatic N) is 2. The van der Waals surface area contributed by atoms with Crippen molar-refractivity contribution < 1.29 is 0 Å². The minimum atomic E-state index is 0.822. The molecule has 2 rings (SSSR count). The fraction of sp³-hybridized carbons (Fsp3) is 0.222. The predicted molar refractivity (Wildman–Crippen MR) is 55.4 cm³/mol. The molecule has 0 fully saturated rings. The van der Waals surface area contributed by atoms with Gasteiger partial charge in [0.05, 0.1) is 11.6 Å². The van der Waals surface area contributed by atoms with Crippen LogP contribution in [0.5, 0.6) is 0 Å². The Bertz CT molecular complexity index is 367. The van der Waals surface area contributed by atoms with Crippen molar-refractivity contribution >= 4 is 22.9 Å². The normalized spacial score (nSPS) is 10.6. The summed E-state index contributed by atoms with van der Waals surface area (Å²) in [4.78, 5) is 5.33. The van der Waals surface area contributed by atoms with Crippen molar-refractivity contribution in [3.63, 3.8) is 0 Å². The molecule has 2 nitrogen and oxygen atoms in total. The minimum absolute atomic E-state index is 0.822. The molecule has 2 aromatic heterocycles. The largest absolute Gasteiger partial charge is 0.330 e. The fourth-order valence-electron chi connectivity index (χ4n) is 1.16. The van der Waals surface area contributed by atoms with Crippen molar-refractivity contribution in [3.05, 3.63) is 39.6 Å². The van der Waals surface area contributed by atoms with E-state index >= 15 is 0 Å². The van der Waals surface area contributed by atoms with Crippen LogP contribution in [0.25, 0.3) is 0 Å². The maximum absolute atomic E-state index is 5.99. The molecule has 68 valence electrons. The lowest BCUT2D eigenvalue weighted by atomic mass is 10.4. The number of thiophene rings is 1. The number of imidazole rings is 1. The quantitative estimate of drug-likeness (QED) is 0.749. The molecule has 0 spiro atoms. The Morgan fingerprint density at radius 1 is 1.62 bits per heavy atom. The van der Waals surface area contributed by atoms with Gasteiger partial charge in [-0.2, -0.15) is 0 Å². The highest BCUT2D eigenvalue weighted by Gasteiger charge is 2.03. The minimum Gasteiger partial charge on any atom is -0.330 e. The summed E-state index contributed by atoms with van der Waals surface area (Å²) in [5.74, 6) is 1.02. The Hall–Kier alpha value is -0.800. The van der Waals surface area contributed by atoms with Crippen molar-refractivity contribution in [2.45, 2.75) is 13.5 Å². The Morgan fingerprint density at radius 2 is 2.46 bits per heavy atom. The second-order valence-electron chi connectivity index (χ2n) is 2.79. The van der Waals surface area contributed by atoms with Crippen LogP contribution in [0.4, 0.5) is 0 Å². The third kappa shape index (κ3) is 1.76. The third-order valence-corrected chi connectivity index (χ3v) is 3.30. The molecular formula is C9H9ClN2S. The van der Waals surface area contributed by atoms with Gasteiger partial charge in [0.25, 0.3) is 0 Å². The van der Waals surface area contributed by atoms with Crippen molar-refractivity contribution in [1.82, 2.24) is 9.55 Å². The fourth-order valence-corrected chi connectivity index (χ4v) is 2.26. The molecule has 2 heterocycles. The number of hydrogen-bond acceptors (Lipinski definition) is 2. The van der Waals surface area contributed by atoms with Crippen molar-refractivity contribution in [1.29, 1.82) is 0 Å². The maximum atomic E-state index is 5.99. The summed E-state index contributed by atoms with van der Waals surface area (Å²) in [6.45, 7) is 2.81. The van der Waals surface area contributed by atoms with Crippen molar-refractivity contribution in [3.8, 4) is 0 Å². The highest BCUT2D eigenvalue weighted by molar-refractivity contribution is 7.10. The van der Waals surface area contributed by atoms with Gasteiger partial charge < -0.3 is 4.57 Å². The van der Waals surface area contributed by atoms with Crippen LogP contribution in [0.15, 0.2) is 23.8 Å². The van der Waals surface area contributed by atoms with Crippen LogP contribution in [0.1, 0.15) is 10.7 Å². The summed E-state index contributed by atoms with van der Waals surface area (Å²) < 4.78 is 2.08. The van der Waals surface area contributed by atoms with E-state index in [2.05, 4.69) is 9.55 Å². The first-order valence-electron chi connectivity index (χ1n) is 3.97. The first kappa shape index (κ1) is 8.78. The van der Waals surface area contributed by atoms with E-state index in [0.29, 0.717) is 0 Å². The van der Waals surface area contributed by atoms with Gasteiger partial charge in [0, 0.05) is 17.3 Å². The molecule has 0 aliphatic carbocycles. The number of aromatic nitrogens is 2. The first-order valence-corrected chi connectivity index (χ1v) is 5.23. The second-order valence-corrected chi connectivity index (χ2v) is 4.20. The van der Waals surface area contributed by atoms with E-state index in [-0.39, 0.29) is 0 Å². The highest BCUT2D eigenvalue weighted by Crippen LogP contribution is 2.23. The van der Waals surface area contributed by atoms with Crippen LogP contribution in [-0.4, -0.2) is 9.55 Å². The summed E-state index contributed by atoms with van der Waals surface area (Å²) in [5.41, 5.74) is 0. The van der Waals surface area contributed by atoms with Crippen LogP contribution in [0.2, 0.25) is 5.02 Å². The molecule has 0 bridgehead atoms. The lowest BCUT2D eigenvalue weighted by molar-refractivity contribution is 0.772. The summed E-state index contributed by atoms with van der Waals surface area (Å²) in [6, 6.07) is 1.92. The molecule has 13 heavy (non-hydrogen) atoms. The van der Waals surface area contributed by atoms with Crippen molar-refractivity contribution in [2.75, 3.05) is 0 Å². The molecule has 2 aromatic rings. The number of hydrogen-bond donors (Lipinski definition) is 0. The van der Waals surface area contributed by atoms with Gasteiger partial charge in [-0.1, -0.05) is 11.6 Å². The van der Waals surface area contributed by atoms with E-state index in [9.17, 15) is 0 Å². The van der Waals surface area contributed by atoms with E-state index in [1.54, 1.807) is 17.5 Å². The van der Waals surface area contributed by atoms with Crippen LogP contribution >= 0.6 is 22.9 Å². The zero-order chi connectivity index (χ0) is 9.26. The molecule has 4 heteroatoms. The van der Waals surface area contributed by atoms with E-state index < -0.39 is 0 Å². The van der Waals surface area contributed by atoms with Crippen LogP contribution in [0.3, 0.4) is 0 Å². The van der Waals surface area contributed by atoms with E-state index in [1.165, 1.54) is 4.88 Å². The molecule has 0 radical (unpaired) electrons. The number of aryl methyl sites for hydroxylation is 1. The summed E-state index contributed by atoms with van der Waals surface area (Å²) in [6.07, 6.45) is 3.77. The number of halogens is 1. The molecular weight excluding hydrogens is 204 g/mol. The topological polar surface area (TPSA) is 17.8 Å². The smallest absolute Gasteiger partial charge is 0.105 e. The van der Waals surface area contributed by atoms with E-state index in [1.807, 2.05) is 24.6 Å². The van der Waals surface area contributed by atoms with Gasteiger partial charge in [0.2, 0.25) is 0 Å². The average molecular weight is 213 g/mol. The molecule has 0 aliphatic rings. The zero-order valence-electron chi connectivity index (χ0n) is 7.20. The third-order valence-electron chi connectivity index (χ3n) is 1.93. The monoisotopic (exact) mass is 212 g/mol. The molecule has 0 aliphatic heterocycles. The predicted octanol–water partition coefficient (Wildman–Crippen LogP) is 2.95. The van der Waals surface area contributed by atoms with E-state index in [4.69, 9.17) is 11.6 Å². The van der Waals surface area contributed by atoms with Crippen LogP contribution < -0.4 is 0 Å². The highest BCUT2D eigenvalue weighted by atomic mass is 35.5. The van der Waals surface area contributed by atoms with Crippen LogP contribution in [-0.2, 0) is 6.54 Å². The first-order chi connectivity index (χ1) is 6.27. The Labute approximate surface area is 85.8 Å². The number of rotatable bonds is 2. The van der Waals surface area contributed by atoms with Gasteiger partial charge in [0.1, 0.15) is 5.82 Å². The maximum Gasteiger partial charge on any atom is 0.105 e. The van der Waals surface area contributed by atoms with Gasteiger partial charge >= 0.3 is 0 Å². The molecule has 0 unspecified atom stereocenters. The average Bonchev–Trinajstić information content (AvgIpc) is 2.65. The van der Waals surface area contributed by atoms with Crippen molar-refractivity contribution in [2.24, 2.45) is 0 Å². The molecule has 0 saturated carbocycles. The van der Waals surface area contributed by atoms with Gasteiger partial charge in [-0.25, -0.2) is 4.98 Å². The standard InChI is InChI=1S/C9H9ClN2S/c1-7-11-3-4-12(7)6-9-8(10)2-5-13-9/h2-5H,6H2,1H3.